The lowest BCUT2D eigenvalue weighted by atomic mass is 9.98. The Hall–Kier alpha value is -2.86. The van der Waals surface area contributed by atoms with Gasteiger partial charge < -0.3 is 21.7 Å². The molecular formula is C26H31ClN5+. The van der Waals surface area contributed by atoms with Gasteiger partial charge in [0.05, 0.1) is 10.8 Å². The van der Waals surface area contributed by atoms with Gasteiger partial charge in [-0.05, 0) is 36.4 Å². The average molecular weight is 449 g/mol. The lowest BCUT2D eigenvalue weighted by Gasteiger charge is -2.26. The summed E-state index contributed by atoms with van der Waals surface area (Å²) in [7, 11) is 0. The molecule has 0 bridgehead atoms. The van der Waals surface area contributed by atoms with Crippen LogP contribution in [0.4, 0.5) is 11.4 Å². The maximum atomic E-state index is 6.25. The van der Waals surface area contributed by atoms with Gasteiger partial charge in [-0.25, -0.2) is 0 Å². The number of pyridine rings is 1. The molecular weight excluding hydrogens is 418 g/mol. The predicted molar refractivity (Wildman–Crippen MR) is 137 cm³/mol. The second-order valence-corrected chi connectivity index (χ2v) is 8.39. The number of fused-ring (bicyclic) bond motifs is 3. The molecule has 6 heteroatoms. The molecule has 0 aliphatic carbocycles. The molecule has 0 atom stereocenters. The third-order valence-corrected chi connectivity index (χ3v) is 6.28. The molecule has 0 spiro atoms. The highest BCUT2D eigenvalue weighted by molar-refractivity contribution is 6.10. The maximum Gasteiger partial charge on any atom is 0.220 e. The molecule has 1 aromatic heterocycles. The number of piperazine rings is 1. The van der Waals surface area contributed by atoms with E-state index in [1.807, 2.05) is 12.1 Å². The molecule has 166 valence electrons. The van der Waals surface area contributed by atoms with Gasteiger partial charge in [-0.3, -0.25) is 0 Å². The summed E-state index contributed by atoms with van der Waals surface area (Å²) in [6.45, 7) is 6.44. The lowest BCUT2D eigenvalue weighted by Crippen LogP contribution is -2.45. The van der Waals surface area contributed by atoms with Crippen LogP contribution in [0.15, 0.2) is 66.7 Å². The summed E-state index contributed by atoms with van der Waals surface area (Å²) in [5.74, 6) is 0. The van der Waals surface area contributed by atoms with E-state index in [2.05, 4.69) is 69.4 Å². The van der Waals surface area contributed by atoms with Crippen molar-refractivity contribution < 1.29 is 4.57 Å². The normalized spacial score (nSPS) is 14.5. The minimum atomic E-state index is 0. The summed E-state index contributed by atoms with van der Waals surface area (Å²) in [5.41, 5.74) is 17.7. The van der Waals surface area contributed by atoms with Gasteiger partial charge in [-0.15, -0.1) is 12.4 Å². The largest absolute Gasteiger partial charge is 0.399 e. The van der Waals surface area contributed by atoms with Crippen molar-refractivity contribution in [2.45, 2.75) is 13.0 Å². The first kappa shape index (κ1) is 22.3. The van der Waals surface area contributed by atoms with Gasteiger partial charge in [-0.1, -0.05) is 24.3 Å². The third kappa shape index (κ3) is 4.37. The van der Waals surface area contributed by atoms with Crippen LogP contribution in [0.3, 0.4) is 0 Å². The number of hydrogen-bond acceptors (Lipinski definition) is 4. The molecule has 0 saturated carbocycles. The zero-order chi connectivity index (χ0) is 21.2. The van der Waals surface area contributed by atoms with Crippen LogP contribution >= 0.6 is 12.4 Å². The molecule has 1 saturated heterocycles. The van der Waals surface area contributed by atoms with Crippen LogP contribution in [0.25, 0.3) is 32.9 Å². The van der Waals surface area contributed by atoms with Crippen molar-refractivity contribution >= 4 is 45.5 Å². The van der Waals surface area contributed by atoms with Gasteiger partial charge in [0.15, 0.2) is 6.54 Å². The fourth-order valence-corrected chi connectivity index (χ4v) is 4.79. The van der Waals surface area contributed by atoms with Crippen LogP contribution < -0.4 is 21.4 Å². The maximum absolute atomic E-state index is 6.25. The standard InChI is InChI=1S/C26H29N5.ClH/c27-20-7-9-22-23-10-8-21(28)18-25(23)31(14-4-13-30-15-11-29-12-16-30)26(24(22)17-20)19-5-2-1-3-6-19;/h1-3,5-10,17-18,28-29H,4,11-16,27H2;1H/p+1. The summed E-state index contributed by atoms with van der Waals surface area (Å²) in [6, 6.07) is 23.1. The number of benzene rings is 3. The number of anilines is 2. The summed E-state index contributed by atoms with van der Waals surface area (Å²) in [5, 5.41) is 7.05. The molecule has 5 N–H and O–H groups in total. The molecule has 1 fully saturated rings. The van der Waals surface area contributed by atoms with Crippen molar-refractivity contribution in [3.63, 3.8) is 0 Å². The minimum absolute atomic E-state index is 0. The van der Waals surface area contributed by atoms with E-state index in [0.717, 1.165) is 57.1 Å². The van der Waals surface area contributed by atoms with E-state index < -0.39 is 0 Å². The van der Waals surface area contributed by atoms with Crippen molar-refractivity contribution in [2.24, 2.45) is 0 Å². The molecule has 0 radical (unpaired) electrons. The van der Waals surface area contributed by atoms with Crippen LogP contribution in [0, 0.1) is 0 Å². The summed E-state index contributed by atoms with van der Waals surface area (Å²) < 4.78 is 2.45. The number of nitrogens with two attached hydrogens (primary N) is 2. The number of rotatable bonds is 5. The Labute approximate surface area is 195 Å². The van der Waals surface area contributed by atoms with E-state index in [4.69, 9.17) is 11.5 Å². The Balaban J connectivity index is 0.00000245. The second-order valence-electron chi connectivity index (χ2n) is 8.39. The van der Waals surface area contributed by atoms with E-state index >= 15 is 0 Å². The first-order valence-corrected chi connectivity index (χ1v) is 11.1. The topological polar surface area (TPSA) is 71.2 Å². The summed E-state index contributed by atoms with van der Waals surface area (Å²) in [4.78, 5) is 2.55. The molecule has 0 amide bonds. The monoisotopic (exact) mass is 448 g/mol. The van der Waals surface area contributed by atoms with Crippen molar-refractivity contribution in [3.05, 3.63) is 66.7 Å². The van der Waals surface area contributed by atoms with Crippen molar-refractivity contribution in [1.29, 1.82) is 0 Å². The Kier molecular flexibility index (Phi) is 6.80. The Morgan fingerprint density at radius 1 is 0.812 bits per heavy atom. The Morgan fingerprint density at radius 3 is 2.25 bits per heavy atom. The third-order valence-electron chi connectivity index (χ3n) is 6.28. The lowest BCUT2D eigenvalue weighted by molar-refractivity contribution is -0.659. The SMILES string of the molecule is Cl.Nc1ccc2c(c1)c(-c1ccccc1)[n+](CCCN1CCNCC1)c1cc(N)ccc21. The van der Waals surface area contributed by atoms with Crippen LogP contribution in [0.1, 0.15) is 6.42 Å². The van der Waals surface area contributed by atoms with Crippen LogP contribution in [-0.4, -0.2) is 37.6 Å². The van der Waals surface area contributed by atoms with Gasteiger partial charge in [0.25, 0.3) is 0 Å². The molecule has 1 aliphatic rings. The van der Waals surface area contributed by atoms with Gasteiger partial charge in [0.1, 0.15) is 0 Å². The molecule has 4 aromatic rings. The summed E-state index contributed by atoms with van der Waals surface area (Å²) in [6.07, 6.45) is 1.09. The highest BCUT2D eigenvalue weighted by Gasteiger charge is 2.24. The average Bonchev–Trinajstić information content (AvgIpc) is 2.80. The van der Waals surface area contributed by atoms with Crippen LogP contribution in [0.2, 0.25) is 0 Å². The van der Waals surface area contributed by atoms with E-state index in [0.29, 0.717) is 0 Å². The van der Waals surface area contributed by atoms with E-state index in [1.54, 1.807) is 0 Å². The van der Waals surface area contributed by atoms with Gasteiger partial charge in [-0.2, -0.15) is 4.57 Å². The molecule has 3 aromatic carbocycles. The molecule has 5 nitrogen and oxygen atoms in total. The van der Waals surface area contributed by atoms with Crippen LogP contribution in [-0.2, 0) is 6.54 Å². The van der Waals surface area contributed by atoms with E-state index in [-0.39, 0.29) is 12.4 Å². The van der Waals surface area contributed by atoms with E-state index in [9.17, 15) is 0 Å². The molecule has 1 aliphatic heterocycles. The number of nitrogens with one attached hydrogen (secondary N) is 1. The fourth-order valence-electron chi connectivity index (χ4n) is 4.79. The highest BCUT2D eigenvalue weighted by Crippen LogP contribution is 2.33. The van der Waals surface area contributed by atoms with E-state index in [1.165, 1.54) is 32.9 Å². The molecule has 32 heavy (non-hydrogen) atoms. The van der Waals surface area contributed by atoms with Crippen molar-refractivity contribution in [2.75, 3.05) is 44.2 Å². The number of halogens is 1. The number of aromatic nitrogens is 1. The van der Waals surface area contributed by atoms with Crippen LogP contribution in [0.5, 0.6) is 0 Å². The van der Waals surface area contributed by atoms with Crippen molar-refractivity contribution in [3.8, 4) is 11.3 Å². The molecule has 5 rings (SSSR count). The number of nitrogens with zero attached hydrogens (tertiary/aromatic N) is 2. The van der Waals surface area contributed by atoms with Crippen molar-refractivity contribution in [1.82, 2.24) is 10.2 Å². The predicted octanol–water partition coefficient (Wildman–Crippen LogP) is 3.83. The first-order valence-electron chi connectivity index (χ1n) is 11.1. The van der Waals surface area contributed by atoms with Gasteiger partial charge in [0, 0.05) is 67.5 Å². The highest BCUT2D eigenvalue weighted by atomic mass is 35.5. The van der Waals surface area contributed by atoms with Gasteiger partial charge in [0.2, 0.25) is 11.2 Å². The molecule has 0 unspecified atom stereocenters. The summed E-state index contributed by atoms with van der Waals surface area (Å²) >= 11 is 0. The first-order chi connectivity index (χ1) is 15.2. The smallest absolute Gasteiger partial charge is 0.220 e. The minimum Gasteiger partial charge on any atom is -0.399 e. The Morgan fingerprint density at radius 2 is 1.50 bits per heavy atom. The zero-order valence-corrected chi connectivity index (χ0v) is 19.1. The number of aryl methyl sites for hydroxylation is 1. The number of nitrogen functional groups attached to an aromatic ring is 2. The second kappa shape index (κ2) is 9.74. The fraction of sp³-hybridized carbons (Fsp3) is 0.269. The zero-order valence-electron chi connectivity index (χ0n) is 18.3. The Bertz CT molecular complexity index is 1220. The quantitative estimate of drug-likeness (QED) is 0.246. The molecule has 2 heterocycles. The van der Waals surface area contributed by atoms with Gasteiger partial charge >= 0.3 is 0 Å². The number of hydrogen-bond donors (Lipinski definition) is 3.